The summed E-state index contributed by atoms with van der Waals surface area (Å²) < 4.78 is 2.28. The molecule has 1 heterocycles. The molecule has 1 fully saturated rings. The van der Waals surface area contributed by atoms with Crippen LogP contribution in [0.3, 0.4) is 0 Å². The van der Waals surface area contributed by atoms with Crippen molar-refractivity contribution >= 4 is 30.3 Å². The molecule has 2 aromatic carbocycles. The van der Waals surface area contributed by atoms with Gasteiger partial charge in [0.05, 0.1) is 0 Å². The molecule has 0 amide bonds. The summed E-state index contributed by atoms with van der Waals surface area (Å²) in [6, 6.07) is 21.1. The second-order valence-electron chi connectivity index (χ2n) is 4.15. The van der Waals surface area contributed by atoms with Crippen LogP contribution in [-0.4, -0.2) is 17.4 Å². The lowest BCUT2D eigenvalue weighted by Gasteiger charge is -2.00. The van der Waals surface area contributed by atoms with Gasteiger partial charge in [0.2, 0.25) is 0 Å². The van der Waals surface area contributed by atoms with Crippen LogP contribution in [0.4, 0.5) is 0 Å². The maximum absolute atomic E-state index is 2.28. The second-order valence-corrected chi connectivity index (χ2v) is 5.98. The molecular weight excluding hydrogens is 353 g/mol. The van der Waals surface area contributed by atoms with E-state index in [1.54, 1.807) is 9.12 Å². The summed E-state index contributed by atoms with van der Waals surface area (Å²) in [4.78, 5) is 0. The molecule has 0 saturated carbocycles. The SMILES string of the molecule is ISN1CC1.c1ccc(Cc2ccccc2)cc1. The summed E-state index contributed by atoms with van der Waals surface area (Å²) in [5.74, 6) is 0. The highest BCUT2D eigenvalue weighted by atomic mass is 127. The van der Waals surface area contributed by atoms with Crippen molar-refractivity contribution in [2.24, 2.45) is 0 Å². The van der Waals surface area contributed by atoms with Crippen LogP contribution in [-0.2, 0) is 6.42 Å². The van der Waals surface area contributed by atoms with Crippen molar-refractivity contribution in [3.63, 3.8) is 0 Å². The quantitative estimate of drug-likeness (QED) is 0.443. The molecule has 18 heavy (non-hydrogen) atoms. The van der Waals surface area contributed by atoms with Crippen molar-refractivity contribution in [1.29, 1.82) is 0 Å². The van der Waals surface area contributed by atoms with E-state index in [1.807, 2.05) is 0 Å². The van der Waals surface area contributed by atoms with Gasteiger partial charge in [-0.25, -0.2) is 4.31 Å². The first-order valence-electron chi connectivity index (χ1n) is 6.00. The Bertz CT molecular complexity index is 405. The largest absolute Gasteiger partial charge is 0.239 e. The number of hydrogen-bond donors (Lipinski definition) is 0. The molecule has 94 valence electrons. The zero-order valence-corrected chi connectivity index (χ0v) is 13.1. The van der Waals surface area contributed by atoms with Gasteiger partial charge >= 0.3 is 0 Å². The number of benzene rings is 2. The molecule has 0 atom stereocenters. The molecule has 0 N–H and O–H groups in total. The summed E-state index contributed by atoms with van der Waals surface area (Å²) in [5.41, 5.74) is 2.74. The average molecular weight is 369 g/mol. The van der Waals surface area contributed by atoms with Gasteiger partial charge in [-0.1, -0.05) is 60.7 Å². The first kappa shape index (κ1) is 13.9. The predicted molar refractivity (Wildman–Crippen MR) is 88.9 cm³/mol. The molecular formula is C15H16INS. The van der Waals surface area contributed by atoms with Gasteiger partial charge < -0.3 is 0 Å². The Morgan fingerprint density at radius 1 is 0.833 bits per heavy atom. The molecule has 1 aliphatic heterocycles. The number of hydrogen-bond acceptors (Lipinski definition) is 2. The van der Waals surface area contributed by atoms with Gasteiger partial charge in [0, 0.05) is 34.3 Å². The van der Waals surface area contributed by atoms with Crippen molar-refractivity contribution in [3.8, 4) is 0 Å². The molecule has 1 saturated heterocycles. The minimum Gasteiger partial charge on any atom is -0.239 e. The molecule has 0 aliphatic carbocycles. The van der Waals surface area contributed by atoms with Crippen molar-refractivity contribution < 1.29 is 0 Å². The van der Waals surface area contributed by atoms with Gasteiger partial charge in [-0.05, 0) is 26.7 Å². The highest BCUT2D eigenvalue weighted by molar-refractivity contribution is 14.2. The van der Waals surface area contributed by atoms with Gasteiger partial charge in [-0.15, -0.1) is 0 Å². The van der Waals surface area contributed by atoms with Gasteiger partial charge in [0.15, 0.2) is 0 Å². The van der Waals surface area contributed by atoms with Crippen LogP contribution >= 0.6 is 30.3 Å². The minimum absolute atomic E-state index is 1.03. The number of rotatable bonds is 3. The van der Waals surface area contributed by atoms with Crippen LogP contribution < -0.4 is 0 Å². The molecule has 3 heteroatoms. The first-order valence-corrected chi connectivity index (χ1v) is 9.31. The van der Waals surface area contributed by atoms with Crippen LogP contribution in [0.5, 0.6) is 0 Å². The van der Waals surface area contributed by atoms with E-state index in [0.29, 0.717) is 0 Å². The number of nitrogens with zero attached hydrogens (tertiary/aromatic N) is 1. The molecule has 3 rings (SSSR count). The summed E-state index contributed by atoms with van der Waals surface area (Å²) in [6.45, 7) is 2.60. The van der Waals surface area contributed by atoms with Crippen molar-refractivity contribution in [1.82, 2.24) is 4.31 Å². The van der Waals surface area contributed by atoms with E-state index >= 15 is 0 Å². The Balaban J connectivity index is 0.000000202. The summed E-state index contributed by atoms with van der Waals surface area (Å²) in [5, 5.41) is 0. The van der Waals surface area contributed by atoms with E-state index in [0.717, 1.165) is 6.42 Å². The monoisotopic (exact) mass is 369 g/mol. The third kappa shape index (κ3) is 5.42. The molecule has 0 spiro atoms. The third-order valence-electron chi connectivity index (χ3n) is 2.60. The predicted octanol–water partition coefficient (Wildman–Crippen LogP) is 4.58. The third-order valence-corrected chi connectivity index (χ3v) is 4.83. The lowest BCUT2D eigenvalue weighted by molar-refractivity contribution is 0.968. The van der Waals surface area contributed by atoms with E-state index < -0.39 is 0 Å². The Hall–Kier alpha value is -0.520. The van der Waals surface area contributed by atoms with Gasteiger partial charge in [0.1, 0.15) is 0 Å². The van der Waals surface area contributed by atoms with E-state index in [-0.39, 0.29) is 0 Å². The van der Waals surface area contributed by atoms with Crippen molar-refractivity contribution in [3.05, 3.63) is 71.8 Å². The van der Waals surface area contributed by atoms with Crippen LogP contribution in [0.2, 0.25) is 0 Å². The van der Waals surface area contributed by atoms with Crippen LogP contribution in [0.1, 0.15) is 11.1 Å². The van der Waals surface area contributed by atoms with Crippen LogP contribution in [0.15, 0.2) is 60.7 Å². The highest BCUT2D eigenvalue weighted by Gasteiger charge is 2.14. The fourth-order valence-electron chi connectivity index (χ4n) is 1.54. The van der Waals surface area contributed by atoms with E-state index in [9.17, 15) is 0 Å². The number of halogens is 1. The molecule has 2 aromatic rings. The van der Waals surface area contributed by atoms with Crippen LogP contribution in [0, 0.1) is 0 Å². The summed E-state index contributed by atoms with van der Waals surface area (Å²) >= 11 is 2.28. The zero-order valence-electron chi connectivity index (χ0n) is 10.1. The minimum atomic E-state index is 1.03. The van der Waals surface area contributed by atoms with Crippen LogP contribution in [0.25, 0.3) is 0 Å². The molecule has 0 unspecified atom stereocenters. The Labute approximate surface area is 125 Å². The highest BCUT2D eigenvalue weighted by Crippen LogP contribution is 2.24. The van der Waals surface area contributed by atoms with E-state index in [2.05, 4.69) is 86.2 Å². The topological polar surface area (TPSA) is 3.01 Å². The van der Waals surface area contributed by atoms with Gasteiger partial charge in [0.25, 0.3) is 0 Å². The second kappa shape index (κ2) is 7.81. The average Bonchev–Trinajstić information content (AvgIpc) is 3.26. The van der Waals surface area contributed by atoms with Crippen molar-refractivity contribution in [2.45, 2.75) is 6.42 Å². The molecule has 0 aromatic heterocycles. The maximum Gasteiger partial charge on any atom is 0.0235 e. The standard InChI is InChI=1S/C13H12.C2H4INS/c1-3-7-12(8-4-1)11-13-9-5-2-6-10-13;3-5-4-1-2-4/h1-10H,11H2;1-2H2. The summed E-state index contributed by atoms with van der Waals surface area (Å²) in [7, 11) is 1.79. The Kier molecular flexibility index (Phi) is 6.04. The zero-order chi connectivity index (χ0) is 12.6. The molecule has 0 radical (unpaired) electrons. The fourth-order valence-corrected chi connectivity index (χ4v) is 2.94. The lowest BCUT2D eigenvalue weighted by atomic mass is 10.1. The maximum atomic E-state index is 2.28. The van der Waals surface area contributed by atoms with Gasteiger partial charge in [-0.2, -0.15) is 0 Å². The van der Waals surface area contributed by atoms with Crippen molar-refractivity contribution in [2.75, 3.05) is 13.1 Å². The summed E-state index contributed by atoms with van der Waals surface area (Å²) in [6.07, 6.45) is 1.03. The normalized spacial score (nSPS) is 13.6. The molecule has 1 nitrogen and oxygen atoms in total. The first-order chi connectivity index (χ1) is 8.88. The Morgan fingerprint density at radius 3 is 1.56 bits per heavy atom. The fraction of sp³-hybridized carbons (Fsp3) is 0.200. The lowest BCUT2D eigenvalue weighted by Crippen LogP contribution is -1.85. The molecule has 1 aliphatic rings. The smallest absolute Gasteiger partial charge is 0.0235 e. The Morgan fingerprint density at radius 2 is 1.28 bits per heavy atom. The molecule has 0 bridgehead atoms. The van der Waals surface area contributed by atoms with Gasteiger partial charge in [-0.3, -0.25) is 0 Å². The van der Waals surface area contributed by atoms with E-state index in [4.69, 9.17) is 0 Å². The van der Waals surface area contributed by atoms with E-state index in [1.165, 1.54) is 24.2 Å².